The topological polar surface area (TPSA) is 48.8 Å². The van der Waals surface area contributed by atoms with Gasteiger partial charge in [0.15, 0.2) is 0 Å². The van der Waals surface area contributed by atoms with E-state index < -0.39 is 36.4 Å². The average Bonchev–Trinajstić information content (AvgIpc) is 2.45. The lowest BCUT2D eigenvalue weighted by Crippen LogP contribution is -2.61. The average molecular weight is 379 g/mol. The molecule has 1 unspecified atom stereocenters. The minimum atomic E-state index is -6.98. The first kappa shape index (κ1) is 20.9. The van der Waals surface area contributed by atoms with Crippen LogP contribution in [0.5, 0.6) is 0 Å². The van der Waals surface area contributed by atoms with Crippen molar-refractivity contribution in [1.29, 1.82) is 0 Å². The zero-order valence-corrected chi connectivity index (χ0v) is 12.3. The van der Waals surface area contributed by atoms with Crippen LogP contribution in [0, 0.1) is 6.92 Å². The highest BCUT2D eigenvalue weighted by molar-refractivity contribution is 5.25. The van der Waals surface area contributed by atoms with Gasteiger partial charge in [0.25, 0.3) is 0 Å². The van der Waals surface area contributed by atoms with Crippen molar-refractivity contribution in [2.24, 2.45) is 5.11 Å². The number of azide groups is 1. The van der Waals surface area contributed by atoms with E-state index in [0.29, 0.717) is 5.56 Å². The molecule has 0 radical (unpaired) electrons. The standard InChI is InChI=1S/C13H10F9N3/c1-7-3-2-4-8(5-7)9(24-25-23)6-10(14,15)11(16,17)12(18,19)13(20,21)22/h2-5,9H,6H2,1H3. The van der Waals surface area contributed by atoms with Crippen molar-refractivity contribution in [2.75, 3.05) is 0 Å². The van der Waals surface area contributed by atoms with Gasteiger partial charge in [-0.1, -0.05) is 34.9 Å². The van der Waals surface area contributed by atoms with Crippen molar-refractivity contribution in [3.63, 3.8) is 0 Å². The summed E-state index contributed by atoms with van der Waals surface area (Å²) in [7, 11) is 0. The summed E-state index contributed by atoms with van der Waals surface area (Å²) in [6, 6.07) is 2.92. The minimum absolute atomic E-state index is 0.233. The fraction of sp³-hybridized carbons (Fsp3) is 0.538. The smallest absolute Gasteiger partial charge is 0.200 e. The van der Waals surface area contributed by atoms with Crippen LogP contribution in [0.1, 0.15) is 23.6 Å². The summed E-state index contributed by atoms with van der Waals surface area (Å²) >= 11 is 0. The van der Waals surface area contributed by atoms with Gasteiger partial charge in [0.2, 0.25) is 0 Å². The second-order valence-electron chi connectivity index (χ2n) is 5.19. The van der Waals surface area contributed by atoms with E-state index in [0.717, 1.165) is 12.1 Å². The Bertz CT molecular complexity index is 663. The number of rotatable bonds is 6. The van der Waals surface area contributed by atoms with Crippen molar-refractivity contribution in [2.45, 2.75) is 43.3 Å². The second-order valence-corrected chi connectivity index (χ2v) is 5.19. The lowest BCUT2D eigenvalue weighted by molar-refractivity contribution is -0.397. The van der Waals surface area contributed by atoms with Crippen LogP contribution in [-0.4, -0.2) is 23.9 Å². The summed E-state index contributed by atoms with van der Waals surface area (Å²) in [4.78, 5) is 2.16. The molecule has 25 heavy (non-hydrogen) atoms. The molecule has 0 aliphatic rings. The lowest BCUT2D eigenvalue weighted by Gasteiger charge is -2.34. The molecule has 140 valence electrons. The van der Waals surface area contributed by atoms with Crippen LogP contribution >= 0.6 is 0 Å². The maximum absolute atomic E-state index is 13.7. The Morgan fingerprint density at radius 2 is 1.56 bits per heavy atom. The molecule has 0 fully saturated rings. The molecule has 0 saturated carbocycles. The Morgan fingerprint density at radius 3 is 2.00 bits per heavy atom. The zero-order chi connectivity index (χ0) is 19.7. The van der Waals surface area contributed by atoms with Gasteiger partial charge < -0.3 is 0 Å². The van der Waals surface area contributed by atoms with Crippen LogP contribution < -0.4 is 0 Å². The Kier molecular flexibility index (Phi) is 5.58. The molecule has 0 saturated heterocycles. The fourth-order valence-electron chi connectivity index (χ4n) is 1.94. The first-order chi connectivity index (χ1) is 11.2. The molecule has 1 atom stereocenters. The Labute approximate surface area is 135 Å². The van der Waals surface area contributed by atoms with Crippen molar-refractivity contribution in [1.82, 2.24) is 0 Å². The molecule has 0 N–H and O–H groups in total. The normalized spacial score (nSPS) is 14.8. The van der Waals surface area contributed by atoms with Crippen molar-refractivity contribution < 1.29 is 39.5 Å². The van der Waals surface area contributed by atoms with Gasteiger partial charge in [-0.3, -0.25) is 0 Å². The summed E-state index contributed by atoms with van der Waals surface area (Å²) in [5.74, 6) is -19.5. The maximum Gasteiger partial charge on any atom is 0.460 e. The Hall–Kier alpha value is -2.10. The Balaban J connectivity index is 3.29. The van der Waals surface area contributed by atoms with Gasteiger partial charge >= 0.3 is 23.9 Å². The molecule has 0 heterocycles. The number of aryl methyl sites for hydroxylation is 1. The van der Waals surface area contributed by atoms with Crippen molar-refractivity contribution in [3.8, 4) is 0 Å². The van der Waals surface area contributed by atoms with E-state index in [9.17, 15) is 39.5 Å². The maximum atomic E-state index is 13.7. The second kappa shape index (κ2) is 6.66. The van der Waals surface area contributed by atoms with Gasteiger partial charge in [-0.15, -0.1) is 0 Å². The van der Waals surface area contributed by atoms with E-state index in [1.54, 1.807) is 0 Å². The molecule has 0 spiro atoms. The predicted molar refractivity (Wildman–Crippen MR) is 68.6 cm³/mol. The van der Waals surface area contributed by atoms with E-state index in [2.05, 4.69) is 10.0 Å². The van der Waals surface area contributed by atoms with Crippen molar-refractivity contribution >= 4 is 0 Å². The van der Waals surface area contributed by atoms with E-state index in [1.807, 2.05) is 0 Å². The van der Waals surface area contributed by atoms with Crippen LogP contribution in [0.25, 0.3) is 10.4 Å². The van der Waals surface area contributed by atoms with Gasteiger partial charge in [-0.05, 0) is 18.0 Å². The summed E-state index contributed by atoms with van der Waals surface area (Å²) in [5, 5.41) is 2.82. The molecular formula is C13H10F9N3. The van der Waals surface area contributed by atoms with E-state index in [-0.39, 0.29) is 5.56 Å². The molecule has 0 amide bonds. The van der Waals surface area contributed by atoms with Crippen LogP contribution in [0.4, 0.5) is 39.5 Å². The quantitative estimate of drug-likeness (QED) is 0.244. The SMILES string of the molecule is Cc1cccc(C(CC(F)(F)C(F)(F)C(F)(F)C(F)(F)F)N=[N+]=[N-])c1. The van der Waals surface area contributed by atoms with Crippen LogP contribution in [0.2, 0.25) is 0 Å². The molecule has 1 rings (SSSR count). The molecule has 0 aromatic heterocycles. The molecule has 12 heteroatoms. The van der Waals surface area contributed by atoms with Gasteiger partial charge in [0, 0.05) is 11.3 Å². The first-order valence-electron chi connectivity index (χ1n) is 6.48. The highest BCUT2D eigenvalue weighted by Crippen LogP contribution is 2.55. The highest BCUT2D eigenvalue weighted by atomic mass is 19.4. The summed E-state index contributed by atoms with van der Waals surface area (Å²) in [6.45, 7) is 1.47. The molecular weight excluding hydrogens is 369 g/mol. The number of alkyl halides is 9. The molecule has 0 bridgehead atoms. The third-order valence-corrected chi connectivity index (χ3v) is 3.28. The largest absolute Gasteiger partial charge is 0.460 e. The number of nitrogens with zero attached hydrogens (tertiary/aromatic N) is 3. The molecule has 0 aliphatic heterocycles. The molecule has 1 aromatic carbocycles. The first-order valence-corrected chi connectivity index (χ1v) is 6.48. The number of hydrogen-bond acceptors (Lipinski definition) is 1. The van der Waals surface area contributed by atoms with Crippen LogP contribution in [0.3, 0.4) is 0 Å². The van der Waals surface area contributed by atoms with Crippen LogP contribution in [0.15, 0.2) is 29.4 Å². The predicted octanol–water partition coefficient (Wildman–Crippen LogP) is 6.20. The van der Waals surface area contributed by atoms with E-state index in [4.69, 9.17) is 5.53 Å². The molecule has 1 aromatic rings. The minimum Gasteiger partial charge on any atom is -0.200 e. The number of halogens is 9. The van der Waals surface area contributed by atoms with Crippen LogP contribution in [-0.2, 0) is 0 Å². The third kappa shape index (κ3) is 3.94. The van der Waals surface area contributed by atoms with E-state index >= 15 is 0 Å². The monoisotopic (exact) mass is 379 g/mol. The summed E-state index contributed by atoms with van der Waals surface area (Å²) in [5.41, 5.74) is 8.56. The van der Waals surface area contributed by atoms with E-state index in [1.165, 1.54) is 19.1 Å². The van der Waals surface area contributed by atoms with Gasteiger partial charge in [0.1, 0.15) is 0 Å². The van der Waals surface area contributed by atoms with Gasteiger partial charge in [-0.25, -0.2) is 0 Å². The Morgan fingerprint density at radius 1 is 1.00 bits per heavy atom. The lowest BCUT2D eigenvalue weighted by atomic mass is 9.93. The number of benzene rings is 1. The van der Waals surface area contributed by atoms with Gasteiger partial charge in [-0.2, -0.15) is 39.5 Å². The van der Waals surface area contributed by atoms with Gasteiger partial charge in [0.05, 0.1) is 6.04 Å². The highest BCUT2D eigenvalue weighted by Gasteiger charge is 2.81. The van der Waals surface area contributed by atoms with Crippen molar-refractivity contribution in [3.05, 3.63) is 45.8 Å². The molecule has 3 nitrogen and oxygen atoms in total. The number of hydrogen-bond donors (Lipinski definition) is 0. The fourth-order valence-corrected chi connectivity index (χ4v) is 1.94. The molecule has 0 aliphatic carbocycles. The summed E-state index contributed by atoms with van der Waals surface area (Å²) < 4.78 is 116. The zero-order valence-electron chi connectivity index (χ0n) is 12.3. The summed E-state index contributed by atoms with van der Waals surface area (Å²) in [6.07, 6.45) is -9.13. The third-order valence-electron chi connectivity index (χ3n) is 3.28.